The van der Waals surface area contributed by atoms with Crippen LogP contribution >= 0.6 is 0 Å². The highest BCUT2D eigenvalue weighted by Crippen LogP contribution is 2.46. The molecule has 0 aliphatic carbocycles. The molecule has 0 spiro atoms. The molecule has 3 aromatic carbocycles. The molecule has 1 heterocycles. The summed E-state index contributed by atoms with van der Waals surface area (Å²) < 4.78 is 0. The lowest BCUT2D eigenvalue weighted by molar-refractivity contribution is -0.118. The lowest BCUT2D eigenvalue weighted by Gasteiger charge is -2.43. The Morgan fingerprint density at radius 3 is 1.38 bits per heavy atom. The van der Waals surface area contributed by atoms with Gasteiger partial charge in [-0.1, -0.05) is 91.0 Å². The van der Waals surface area contributed by atoms with Gasteiger partial charge in [-0.25, -0.2) is 0 Å². The average Bonchev–Trinajstić information content (AvgIpc) is 3.03. The number of aliphatic hydroxyl groups excluding tert-OH is 1. The van der Waals surface area contributed by atoms with Gasteiger partial charge in [-0.15, -0.1) is 0 Å². The van der Waals surface area contributed by atoms with Crippen LogP contribution in [0.4, 0.5) is 0 Å². The number of rotatable bonds is 4. The highest BCUT2D eigenvalue weighted by Gasteiger charge is 2.50. The summed E-state index contributed by atoms with van der Waals surface area (Å²) in [5.41, 5.74) is 2.75. The van der Waals surface area contributed by atoms with Crippen LogP contribution in [-0.2, 0) is 5.41 Å². The first kappa shape index (κ1) is 17.0. The van der Waals surface area contributed by atoms with Crippen LogP contribution in [0.15, 0.2) is 91.0 Å². The van der Waals surface area contributed by atoms with E-state index in [-0.39, 0.29) is 12.6 Å². The number of hydrogen-bond donors (Lipinski definition) is 2. The van der Waals surface area contributed by atoms with Crippen molar-refractivity contribution in [1.29, 1.82) is 0 Å². The van der Waals surface area contributed by atoms with E-state index in [1.807, 2.05) is 54.6 Å². The molecule has 1 saturated heterocycles. The second-order valence-corrected chi connectivity index (χ2v) is 6.93. The van der Waals surface area contributed by atoms with Gasteiger partial charge < -0.3 is 10.3 Å². The van der Waals surface area contributed by atoms with Crippen LogP contribution in [0.25, 0.3) is 0 Å². The maximum Gasteiger partial charge on any atom is 0.0706 e. The van der Waals surface area contributed by atoms with Crippen LogP contribution in [0.2, 0.25) is 0 Å². The molecule has 132 valence electrons. The summed E-state index contributed by atoms with van der Waals surface area (Å²) in [4.78, 5) is 0. The van der Waals surface area contributed by atoms with Crippen LogP contribution in [0.1, 0.15) is 23.1 Å². The van der Waals surface area contributed by atoms with E-state index in [0.29, 0.717) is 6.42 Å². The molecule has 0 bridgehead atoms. The number of hydrogen-bond acceptors (Lipinski definition) is 3. The Hall–Kier alpha value is -2.46. The predicted molar refractivity (Wildman–Crippen MR) is 102 cm³/mol. The van der Waals surface area contributed by atoms with Gasteiger partial charge in [-0.2, -0.15) is 5.06 Å². The Morgan fingerprint density at radius 1 is 0.692 bits per heavy atom. The minimum Gasteiger partial charge on any atom is -0.392 e. The SMILES string of the molecule is OC1CC(C(c2ccccc2)(c2ccccc2)c2ccccc2)N(O)C1. The average molecular weight is 345 g/mol. The fraction of sp³-hybridized carbons (Fsp3) is 0.217. The van der Waals surface area contributed by atoms with Gasteiger partial charge >= 0.3 is 0 Å². The number of nitrogens with zero attached hydrogens (tertiary/aromatic N) is 1. The minimum absolute atomic E-state index is 0.260. The first-order valence-electron chi connectivity index (χ1n) is 9.03. The minimum atomic E-state index is -0.573. The van der Waals surface area contributed by atoms with Gasteiger partial charge in [0.25, 0.3) is 0 Å². The number of aliphatic hydroxyl groups is 1. The fourth-order valence-corrected chi connectivity index (χ4v) is 4.38. The summed E-state index contributed by atoms with van der Waals surface area (Å²) >= 11 is 0. The molecular formula is C23H23NO2. The van der Waals surface area contributed by atoms with E-state index >= 15 is 0 Å². The van der Waals surface area contributed by atoms with E-state index in [2.05, 4.69) is 36.4 Å². The van der Waals surface area contributed by atoms with Gasteiger partial charge in [0.05, 0.1) is 24.1 Å². The highest BCUT2D eigenvalue weighted by molar-refractivity contribution is 5.52. The summed E-state index contributed by atoms with van der Waals surface area (Å²) in [6.45, 7) is 0.263. The molecule has 3 nitrogen and oxygen atoms in total. The van der Waals surface area contributed by atoms with Crippen molar-refractivity contribution in [2.45, 2.75) is 24.0 Å². The van der Waals surface area contributed by atoms with Crippen LogP contribution in [0.5, 0.6) is 0 Å². The largest absolute Gasteiger partial charge is 0.392 e. The van der Waals surface area contributed by atoms with Gasteiger partial charge in [-0.05, 0) is 23.1 Å². The molecule has 26 heavy (non-hydrogen) atoms. The maximum atomic E-state index is 10.8. The smallest absolute Gasteiger partial charge is 0.0706 e. The Bertz CT molecular complexity index is 739. The highest BCUT2D eigenvalue weighted by atomic mass is 16.5. The van der Waals surface area contributed by atoms with E-state index in [0.717, 1.165) is 16.7 Å². The lowest BCUT2D eigenvalue weighted by Crippen LogP contribution is -2.48. The third-order valence-corrected chi connectivity index (χ3v) is 5.44. The van der Waals surface area contributed by atoms with Gasteiger partial charge in [-0.3, -0.25) is 0 Å². The summed E-state index contributed by atoms with van der Waals surface area (Å²) in [5.74, 6) is 0. The molecule has 1 aliphatic heterocycles. The monoisotopic (exact) mass is 345 g/mol. The van der Waals surface area contributed by atoms with Crippen molar-refractivity contribution in [2.75, 3.05) is 6.54 Å². The molecule has 3 aromatic rings. The second kappa shape index (κ2) is 7.04. The van der Waals surface area contributed by atoms with Gasteiger partial charge in [0.1, 0.15) is 0 Å². The Labute approximate surface area is 154 Å². The van der Waals surface area contributed by atoms with E-state index in [9.17, 15) is 10.3 Å². The van der Waals surface area contributed by atoms with Gasteiger partial charge in [0.2, 0.25) is 0 Å². The zero-order chi connectivity index (χ0) is 18.0. The third kappa shape index (κ3) is 2.74. The molecule has 3 heteroatoms. The van der Waals surface area contributed by atoms with Crippen molar-refractivity contribution < 1.29 is 10.3 Å². The molecule has 0 amide bonds. The molecule has 0 radical (unpaired) electrons. The molecule has 0 saturated carbocycles. The number of β-amino-alcohol motifs (C(OH)–C–C–N with tert-alkyl or cyclic N) is 1. The molecule has 1 aliphatic rings. The second-order valence-electron chi connectivity index (χ2n) is 6.93. The van der Waals surface area contributed by atoms with Crippen molar-refractivity contribution in [3.05, 3.63) is 108 Å². The molecule has 0 aromatic heterocycles. The van der Waals surface area contributed by atoms with E-state index in [1.165, 1.54) is 5.06 Å². The molecule has 1 fully saturated rings. The Morgan fingerprint density at radius 2 is 1.08 bits per heavy atom. The molecular weight excluding hydrogens is 322 g/mol. The molecule has 2 unspecified atom stereocenters. The third-order valence-electron chi connectivity index (χ3n) is 5.44. The maximum absolute atomic E-state index is 10.8. The van der Waals surface area contributed by atoms with Crippen LogP contribution in [0, 0.1) is 0 Å². The Kier molecular flexibility index (Phi) is 4.60. The quantitative estimate of drug-likeness (QED) is 0.706. The van der Waals surface area contributed by atoms with Crippen LogP contribution < -0.4 is 0 Å². The fourth-order valence-electron chi connectivity index (χ4n) is 4.38. The standard InChI is InChI=1S/C23H23NO2/c25-21-16-22(24(26)17-21)23(18-10-4-1-5-11-18,19-12-6-2-7-13-19)20-14-8-3-9-15-20/h1-15,21-22,25-26H,16-17H2. The number of hydroxylamine groups is 2. The lowest BCUT2D eigenvalue weighted by atomic mass is 9.64. The summed E-state index contributed by atoms with van der Waals surface area (Å²) in [5, 5.41) is 22.3. The van der Waals surface area contributed by atoms with Crippen molar-refractivity contribution >= 4 is 0 Å². The van der Waals surface area contributed by atoms with Gasteiger partial charge in [0, 0.05) is 0 Å². The molecule has 4 rings (SSSR count). The topological polar surface area (TPSA) is 43.7 Å². The predicted octanol–water partition coefficient (Wildman–Crippen LogP) is 3.85. The zero-order valence-electron chi connectivity index (χ0n) is 14.6. The summed E-state index contributed by atoms with van der Waals surface area (Å²) in [7, 11) is 0. The van der Waals surface area contributed by atoms with Crippen molar-refractivity contribution in [3.63, 3.8) is 0 Å². The number of benzene rings is 3. The van der Waals surface area contributed by atoms with Crippen molar-refractivity contribution in [3.8, 4) is 0 Å². The summed E-state index contributed by atoms with van der Waals surface area (Å²) in [6.07, 6.45) is -0.0321. The Balaban J connectivity index is 2.04. The zero-order valence-corrected chi connectivity index (χ0v) is 14.6. The van der Waals surface area contributed by atoms with E-state index in [1.54, 1.807) is 0 Å². The normalized spacial score (nSPS) is 21.0. The molecule has 2 N–H and O–H groups in total. The van der Waals surface area contributed by atoms with Crippen molar-refractivity contribution in [2.24, 2.45) is 0 Å². The van der Waals surface area contributed by atoms with E-state index in [4.69, 9.17) is 0 Å². The summed E-state index contributed by atoms with van der Waals surface area (Å²) in [6, 6.07) is 30.6. The molecule has 2 atom stereocenters. The van der Waals surface area contributed by atoms with E-state index < -0.39 is 11.5 Å². The first-order valence-corrected chi connectivity index (χ1v) is 9.03. The van der Waals surface area contributed by atoms with Crippen molar-refractivity contribution in [1.82, 2.24) is 5.06 Å². The van der Waals surface area contributed by atoms with Crippen LogP contribution in [-0.4, -0.2) is 34.1 Å². The van der Waals surface area contributed by atoms with Crippen LogP contribution in [0.3, 0.4) is 0 Å². The first-order chi connectivity index (χ1) is 12.7. The van der Waals surface area contributed by atoms with Gasteiger partial charge in [0.15, 0.2) is 0 Å².